The van der Waals surface area contributed by atoms with Gasteiger partial charge in [0.05, 0.1) is 0 Å². The van der Waals surface area contributed by atoms with E-state index in [1.807, 2.05) is 37.3 Å². The summed E-state index contributed by atoms with van der Waals surface area (Å²) in [5, 5.41) is 2.82. The molecule has 0 heterocycles. The Morgan fingerprint density at radius 3 is 2.44 bits per heavy atom. The van der Waals surface area contributed by atoms with E-state index in [1.54, 1.807) is 12.1 Å². The molecular weight excluding hydrogens is 312 g/mol. The number of rotatable bonds is 8. The minimum atomic E-state index is -0.179. The molecule has 0 aromatic heterocycles. The Kier molecular flexibility index (Phi) is 6.75. The molecule has 0 spiro atoms. The fourth-order valence-electron chi connectivity index (χ4n) is 2.60. The van der Waals surface area contributed by atoms with Crippen molar-refractivity contribution < 1.29 is 9.59 Å². The number of ketones is 1. The molecule has 4 nitrogen and oxygen atoms in total. The van der Waals surface area contributed by atoms with Gasteiger partial charge in [-0.2, -0.15) is 0 Å². The van der Waals surface area contributed by atoms with Crippen LogP contribution >= 0.6 is 0 Å². The summed E-state index contributed by atoms with van der Waals surface area (Å²) >= 11 is 0. The van der Waals surface area contributed by atoms with Gasteiger partial charge in [-0.1, -0.05) is 43.7 Å². The molecule has 0 aliphatic carbocycles. The fourth-order valence-corrected chi connectivity index (χ4v) is 2.60. The maximum Gasteiger partial charge on any atom is 0.224 e. The zero-order chi connectivity index (χ0) is 18.2. The van der Waals surface area contributed by atoms with Crippen LogP contribution in [0.25, 0.3) is 0 Å². The van der Waals surface area contributed by atoms with Crippen molar-refractivity contribution in [1.29, 1.82) is 0 Å². The Bertz CT molecular complexity index is 736. The summed E-state index contributed by atoms with van der Waals surface area (Å²) in [7, 11) is 0. The first-order valence-electron chi connectivity index (χ1n) is 8.77. The van der Waals surface area contributed by atoms with Gasteiger partial charge in [0.25, 0.3) is 0 Å². The van der Waals surface area contributed by atoms with Gasteiger partial charge in [0.2, 0.25) is 5.91 Å². The summed E-state index contributed by atoms with van der Waals surface area (Å²) in [6, 6.07) is 13.1. The number of anilines is 2. The van der Waals surface area contributed by atoms with E-state index >= 15 is 0 Å². The van der Waals surface area contributed by atoms with Crippen LogP contribution < -0.4 is 11.1 Å². The molecule has 0 bridgehead atoms. The minimum Gasteiger partial charge on any atom is -0.399 e. The lowest BCUT2D eigenvalue weighted by Crippen LogP contribution is -2.14. The number of Topliss-reactive ketones (excluding diaryl/α,β-unsaturated/α-hetero) is 1. The molecule has 25 heavy (non-hydrogen) atoms. The van der Waals surface area contributed by atoms with Crippen LogP contribution in [0.3, 0.4) is 0 Å². The number of nitrogens with one attached hydrogen (secondary N) is 1. The van der Waals surface area contributed by atoms with Crippen molar-refractivity contribution in [3.05, 3.63) is 59.2 Å². The number of carbonyl (C=O) groups excluding carboxylic acids is 2. The Morgan fingerprint density at radius 1 is 1.04 bits per heavy atom. The molecule has 0 radical (unpaired) electrons. The van der Waals surface area contributed by atoms with E-state index < -0.39 is 0 Å². The highest BCUT2D eigenvalue weighted by molar-refractivity contribution is 6.00. The number of aryl methyl sites for hydroxylation is 2. The molecule has 0 saturated carbocycles. The second-order valence-electron chi connectivity index (χ2n) is 6.35. The predicted octanol–water partition coefficient (Wildman–Crippen LogP) is 4.52. The molecule has 0 saturated heterocycles. The number of carbonyl (C=O) groups is 2. The van der Waals surface area contributed by atoms with Crippen molar-refractivity contribution in [3.63, 3.8) is 0 Å². The first kappa shape index (κ1) is 18.7. The lowest BCUT2D eigenvalue weighted by Gasteiger charge is -2.09. The molecule has 4 heteroatoms. The predicted molar refractivity (Wildman–Crippen MR) is 103 cm³/mol. The second-order valence-corrected chi connectivity index (χ2v) is 6.35. The van der Waals surface area contributed by atoms with Crippen molar-refractivity contribution in [3.8, 4) is 0 Å². The van der Waals surface area contributed by atoms with Crippen molar-refractivity contribution in [1.82, 2.24) is 0 Å². The number of hydrogen-bond acceptors (Lipinski definition) is 3. The maximum absolute atomic E-state index is 12.2. The minimum absolute atomic E-state index is 0.0125. The highest BCUT2D eigenvalue weighted by Crippen LogP contribution is 2.18. The summed E-state index contributed by atoms with van der Waals surface area (Å²) in [6.45, 7) is 4.06. The molecule has 3 N–H and O–H groups in total. The van der Waals surface area contributed by atoms with Gasteiger partial charge in [0, 0.05) is 29.8 Å². The van der Waals surface area contributed by atoms with Gasteiger partial charge >= 0.3 is 0 Å². The van der Waals surface area contributed by atoms with E-state index in [0.29, 0.717) is 16.9 Å². The van der Waals surface area contributed by atoms with Crippen LogP contribution in [0.5, 0.6) is 0 Å². The smallest absolute Gasteiger partial charge is 0.224 e. The van der Waals surface area contributed by atoms with Crippen LogP contribution in [0.4, 0.5) is 11.4 Å². The number of nitrogens with two attached hydrogens (primary N) is 1. The van der Waals surface area contributed by atoms with Crippen molar-refractivity contribution in [2.24, 2.45) is 0 Å². The lowest BCUT2D eigenvalue weighted by molar-refractivity contribution is -0.116. The highest BCUT2D eigenvalue weighted by Gasteiger charge is 2.11. The third kappa shape index (κ3) is 5.75. The van der Waals surface area contributed by atoms with E-state index in [2.05, 4.69) is 12.2 Å². The number of nitrogen functional groups attached to an aromatic ring is 1. The summed E-state index contributed by atoms with van der Waals surface area (Å²) in [5.41, 5.74) is 9.87. The van der Waals surface area contributed by atoms with Crippen molar-refractivity contribution in [2.45, 2.75) is 46.0 Å². The SMILES string of the molecule is CCCCc1ccc(C(=O)CCC(=O)Nc2cc(N)ccc2C)cc1. The summed E-state index contributed by atoms with van der Waals surface area (Å²) in [6.07, 6.45) is 3.69. The van der Waals surface area contributed by atoms with Crippen LogP contribution in [0.15, 0.2) is 42.5 Å². The van der Waals surface area contributed by atoms with Crippen LogP contribution in [-0.4, -0.2) is 11.7 Å². The molecule has 1 amide bonds. The number of benzene rings is 2. The maximum atomic E-state index is 12.2. The number of amides is 1. The number of unbranched alkanes of at least 4 members (excludes halogenated alkanes) is 1. The van der Waals surface area contributed by atoms with Gasteiger partial charge in [-0.15, -0.1) is 0 Å². The van der Waals surface area contributed by atoms with E-state index in [-0.39, 0.29) is 24.5 Å². The molecule has 0 aliphatic rings. The normalized spacial score (nSPS) is 10.5. The monoisotopic (exact) mass is 338 g/mol. The summed E-state index contributed by atoms with van der Waals surface area (Å²) in [4.78, 5) is 24.3. The Balaban J connectivity index is 1.86. The topological polar surface area (TPSA) is 72.2 Å². The first-order valence-corrected chi connectivity index (χ1v) is 8.77. The van der Waals surface area contributed by atoms with E-state index in [0.717, 1.165) is 24.8 Å². The quantitative estimate of drug-likeness (QED) is 0.549. The van der Waals surface area contributed by atoms with Crippen molar-refractivity contribution >= 4 is 23.1 Å². The number of hydrogen-bond donors (Lipinski definition) is 2. The summed E-state index contributed by atoms with van der Waals surface area (Å²) < 4.78 is 0. The molecule has 0 atom stereocenters. The average molecular weight is 338 g/mol. The fraction of sp³-hybridized carbons (Fsp3) is 0.333. The molecule has 2 aromatic carbocycles. The standard InChI is InChI=1S/C21H26N2O2/c1-3-4-5-16-7-9-17(10-8-16)20(24)12-13-21(25)23-19-14-18(22)11-6-15(19)2/h6-11,14H,3-5,12-13,22H2,1-2H3,(H,23,25). The van der Waals surface area contributed by atoms with E-state index in [9.17, 15) is 9.59 Å². The van der Waals surface area contributed by atoms with Gasteiger partial charge in [-0.25, -0.2) is 0 Å². The Labute approximate surface area is 149 Å². The van der Waals surface area contributed by atoms with Crippen LogP contribution in [-0.2, 0) is 11.2 Å². The average Bonchev–Trinajstić information content (AvgIpc) is 2.61. The van der Waals surface area contributed by atoms with Gasteiger partial charge in [-0.05, 0) is 43.0 Å². The van der Waals surface area contributed by atoms with Gasteiger partial charge in [0.15, 0.2) is 5.78 Å². The largest absolute Gasteiger partial charge is 0.399 e. The van der Waals surface area contributed by atoms with Gasteiger partial charge in [-0.3, -0.25) is 9.59 Å². The molecule has 2 aromatic rings. The van der Waals surface area contributed by atoms with E-state index in [4.69, 9.17) is 5.73 Å². The van der Waals surface area contributed by atoms with Gasteiger partial charge in [0.1, 0.15) is 0 Å². The van der Waals surface area contributed by atoms with E-state index in [1.165, 1.54) is 5.56 Å². The Hall–Kier alpha value is -2.62. The highest BCUT2D eigenvalue weighted by atomic mass is 16.2. The zero-order valence-corrected chi connectivity index (χ0v) is 15.0. The molecule has 132 valence electrons. The van der Waals surface area contributed by atoms with Crippen LogP contribution in [0.2, 0.25) is 0 Å². The first-order chi connectivity index (χ1) is 12.0. The summed E-state index contributed by atoms with van der Waals surface area (Å²) in [5.74, 6) is -0.192. The molecule has 0 unspecified atom stereocenters. The van der Waals surface area contributed by atoms with Crippen LogP contribution in [0, 0.1) is 6.92 Å². The van der Waals surface area contributed by atoms with Gasteiger partial charge < -0.3 is 11.1 Å². The molecule has 0 aliphatic heterocycles. The molecular formula is C21H26N2O2. The van der Waals surface area contributed by atoms with Crippen LogP contribution in [0.1, 0.15) is 54.1 Å². The molecule has 2 rings (SSSR count). The Morgan fingerprint density at radius 2 is 1.76 bits per heavy atom. The lowest BCUT2D eigenvalue weighted by atomic mass is 10.0. The zero-order valence-electron chi connectivity index (χ0n) is 15.0. The third-order valence-corrected chi connectivity index (χ3v) is 4.21. The molecule has 0 fully saturated rings. The third-order valence-electron chi connectivity index (χ3n) is 4.21. The van der Waals surface area contributed by atoms with Crippen molar-refractivity contribution in [2.75, 3.05) is 11.1 Å². The second kappa shape index (κ2) is 9.02.